The highest BCUT2D eigenvalue weighted by Crippen LogP contribution is 2.37. The van der Waals surface area contributed by atoms with Gasteiger partial charge in [0.1, 0.15) is 0 Å². The van der Waals surface area contributed by atoms with Crippen LogP contribution in [0.4, 0.5) is 5.82 Å². The second-order valence-corrected chi connectivity index (χ2v) is 8.80. The first kappa shape index (κ1) is 22.8. The maximum atomic E-state index is 13.2. The van der Waals surface area contributed by atoms with Crippen molar-refractivity contribution in [2.75, 3.05) is 18.6 Å². The second kappa shape index (κ2) is 9.63. The number of nitrogens with two attached hydrogens (primary N) is 1. The van der Waals surface area contributed by atoms with Gasteiger partial charge >= 0.3 is 0 Å². The molecule has 6 nitrogen and oxygen atoms in total. The summed E-state index contributed by atoms with van der Waals surface area (Å²) >= 11 is 6.40. The first-order chi connectivity index (χ1) is 15.8. The molecule has 1 saturated carbocycles. The number of amides is 2. The van der Waals surface area contributed by atoms with Crippen molar-refractivity contribution in [1.82, 2.24) is 4.98 Å². The van der Waals surface area contributed by atoms with Gasteiger partial charge in [0.2, 0.25) is 11.8 Å². The smallest absolute Gasteiger partial charge is 0.248 e. The summed E-state index contributed by atoms with van der Waals surface area (Å²) in [5, 5.41) is 0.463. The lowest BCUT2D eigenvalue weighted by Crippen LogP contribution is -2.31. The van der Waals surface area contributed by atoms with E-state index in [1.807, 2.05) is 43.3 Å². The van der Waals surface area contributed by atoms with Gasteiger partial charge in [-0.1, -0.05) is 41.9 Å². The van der Waals surface area contributed by atoms with Crippen molar-refractivity contribution < 1.29 is 14.3 Å². The molecule has 0 aliphatic heterocycles. The Morgan fingerprint density at radius 1 is 1.18 bits per heavy atom. The van der Waals surface area contributed by atoms with Gasteiger partial charge in [-0.3, -0.25) is 14.5 Å². The maximum absolute atomic E-state index is 13.2. The van der Waals surface area contributed by atoms with Crippen molar-refractivity contribution in [3.05, 3.63) is 76.9 Å². The lowest BCUT2D eigenvalue weighted by Gasteiger charge is -2.23. The minimum absolute atomic E-state index is 0.0912. The largest absolute Gasteiger partial charge is 0.489 e. The molecule has 0 bridgehead atoms. The molecule has 1 aliphatic carbocycles. The molecule has 0 saturated heterocycles. The summed E-state index contributed by atoms with van der Waals surface area (Å²) in [6.07, 6.45) is 3.89. The van der Waals surface area contributed by atoms with E-state index in [-0.39, 0.29) is 11.8 Å². The Bertz CT molecular complexity index is 1180. The number of benzene rings is 2. The Labute approximate surface area is 198 Å². The fourth-order valence-electron chi connectivity index (χ4n) is 3.61. The summed E-state index contributed by atoms with van der Waals surface area (Å²) in [5.41, 5.74) is 8.01. The van der Waals surface area contributed by atoms with Gasteiger partial charge < -0.3 is 10.5 Å². The van der Waals surface area contributed by atoms with Gasteiger partial charge in [-0.15, -0.1) is 0 Å². The standard InChI is InChI=1S/C26H26ClN3O3/c1-16(18-6-4-3-5-7-18)26(32)30(2)25-23(33-15-17-8-9-17)13-20(14-29-25)21-12-19(24(28)31)10-11-22(21)27/h3-7,10-14,16-17H,8-9,15H2,1-2H3,(H2,28,31)/t16-/m1/s1. The van der Waals surface area contributed by atoms with Gasteiger partial charge in [0, 0.05) is 35.0 Å². The molecule has 33 heavy (non-hydrogen) atoms. The molecule has 2 aromatic carbocycles. The van der Waals surface area contributed by atoms with Gasteiger partial charge in [0.05, 0.1) is 12.5 Å². The van der Waals surface area contributed by atoms with Crippen molar-refractivity contribution in [1.29, 1.82) is 0 Å². The number of halogens is 1. The molecule has 1 fully saturated rings. The number of ether oxygens (including phenoxy) is 1. The third-order valence-electron chi connectivity index (χ3n) is 5.88. The first-order valence-electron chi connectivity index (χ1n) is 10.9. The molecule has 1 aliphatic rings. The summed E-state index contributed by atoms with van der Waals surface area (Å²) in [5.74, 6) is 0.489. The zero-order chi connectivity index (χ0) is 23.5. The van der Waals surface area contributed by atoms with Crippen molar-refractivity contribution in [3.8, 4) is 16.9 Å². The number of likely N-dealkylation sites (N-methyl/N-ethyl adjacent to an activating group) is 1. The number of carbonyl (C=O) groups is 2. The number of primary amides is 1. The van der Waals surface area contributed by atoms with E-state index in [9.17, 15) is 9.59 Å². The Morgan fingerprint density at radius 2 is 1.91 bits per heavy atom. The maximum Gasteiger partial charge on any atom is 0.248 e. The van der Waals surface area contributed by atoms with Gasteiger partial charge in [0.15, 0.2) is 11.6 Å². The van der Waals surface area contributed by atoms with Crippen LogP contribution in [0, 0.1) is 5.92 Å². The zero-order valence-corrected chi connectivity index (χ0v) is 19.4. The van der Waals surface area contributed by atoms with Gasteiger partial charge in [-0.25, -0.2) is 4.98 Å². The van der Waals surface area contributed by atoms with E-state index in [0.717, 1.165) is 18.4 Å². The van der Waals surface area contributed by atoms with Crippen LogP contribution < -0.4 is 15.4 Å². The Hall–Kier alpha value is -3.38. The number of hydrogen-bond donors (Lipinski definition) is 1. The van der Waals surface area contributed by atoms with Crippen LogP contribution in [-0.2, 0) is 4.79 Å². The molecule has 0 radical (unpaired) electrons. The molecule has 7 heteroatoms. The van der Waals surface area contributed by atoms with Crippen molar-refractivity contribution in [3.63, 3.8) is 0 Å². The van der Waals surface area contributed by atoms with Crippen LogP contribution in [0.2, 0.25) is 5.02 Å². The Kier molecular flexibility index (Phi) is 6.65. The first-order valence-corrected chi connectivity index (χ1v) is 11.3. The highest BCUT2D eigenvalue weighted by molar-refractivity contribution is 6.33. The van der Waals surface area contributed by atoms with Crippen LogP contribution in [-0.4, -0.2) is 30.5 Å². The molecular weight excluding hydrogens is 438 g/mol. The lowest BCUT2D eigenvalue weighted by molar-refractivity contribution is -0.119. The summed E-state index contributed by atoms with van der Waals surface area (Å²) in [4.78, 5) is 31.0. The predicted molar refractivity (Wildman–Crippen MR) is 130 cm³/mol. The number of anilines is 1. The van der Waals surface area contributed by atoms with Crippen LogP contribution in [0.3, 0.4) is 0 Å². The molecule has 3 aromatic rings. The van der Waals surface area contributed by atoms with E-state index >= 15 is 0 Å². The topological polar surface area (TPSA) is 85.5 Å². The van der Waals surface area contributed by atoms with E-state index < -0.39 is 5.91 Å². The molecule has 0 unspecified atom stereocenters. The van der Waals surface area contributed by atoms with E-state index in [4.69, 9.17) is 22.1 Å². The van der Waals surface area contributed by atoms with Crippen molar-refractivity contribution >= 4 is 29.2 Å². The minimum Gasteiger partial charge on any atom is -0.489 e. The third-order valence-corrected chi connectivity index (χ3v) is 6.21. The second-order valence-electron chi connectivity index (χ2n) is 8.39. The summed E-state index contributed by atoms with van der Waals surface area (Å²) < 4.78 is 6.11. The lowest BCUT2D eigenvalue weighted by atomic mass is 10.00. The van der Waals surface area contributed by atoms with Crippen LogP contribution in [0.1, 0.15) is 41.6 Å². The van der Waals surface area contributed by atoms with E-state index in [2.05, 4.69) is 4.98 Å². The van der Waals surface area contributed by atoms with Gasteiger partial charge in [-0.2, -0.15) is 0 Å². The van der Waals surface area contributed by atoms with E-state index in [1.54, 1.807) is 31.4 Å². The number of nitrogens with zero attached hydrogens (tertiary/aromatic N) is 2. The monoisotopic (exact) mass is 463 g/mol. The molecule has 170 valence electrons. The highest BCUT2D eigenvalue weighted by Gasteiger charge is 2.26. The number of rotatable bonds is 8. The SMILES string of the molecule is C[C@@H](C(=O)N(C)c1ncc(-c2cc(C(N)=O)ccc2Cl)cc1OCC1CC1)c1ccccc1. The van der Waals surface area contributed by atoms with Gasteiger partial charge in [-0.05, 0) is 55.5 Å². The molecule has 1 aromatic heterocycles. The summed E-state index contributed by atoms with van der Waals surface area (Å²) in [6.45, 7) is 2.44. The van der Waals surface area contributed by atoms with E-state index in [0.29, 0.717) is 45.8 Å². The van der Waals surface area contributed by atoms with Crippen LogP contribution in [0.15, 0.2) is 60.8 Å². The molecule has 4 rings (SSSR count). The molecule has 1 heterocycles. The van der Waals surface area contributed by atoms with Crippen LogP contribution in [0.25, 0.3) is 11.1 Å². The van der Waals surface area contributed by atoms with Crippen molar-refractivity contribution in [2.45, 2.75) is 25.7 Å². The van der Waals surface area contributed by atoms with Crippen LogP contribution in [0.5, 0.6) is 5.75 Å². The number of aromatic nitrogens is 1. The molecule has 1 atom stereocenters. The molecule has 0 spiro atoms. The predicted octanol–water partition coefficient (Wildman–Crippen LogP) is 5.06. The number of pyridine rings is 1. The minimum atomic E-state index is -0.539. The molecule has 2 N–H and O–H groups in total. The fraction of sp³-hybridized carbons (Fsp3) is 0.269. The average molecular weight is 464 g/mol. The Morgan fingerprint density at radius 3 is 2.58 bits per heavy atom. The average Bonchev–Trinajstić information content (AvgIpc) is 3.66. The zero-order valence-electron chi connectivity index (χ0n) is 18.6. The van der Waals surface area contributed by atoms with Gasteiger partial charge in [0.25, 0.3) is 0 Å². The van der Waals surface area contributed by atoms with Crippen molar-refractivity contribution in [2.24, 2.45) is 11.7 Å². The third kappa shape index (κ3) is 5.17. The fourth-order valence-corrected chi connectivity index (χ4v) is 3.84. The Balaban J connectivity index is 1.68. The number of carbonyl (C=O) groups excluding carboxylic acids is 2. The normalized spacial score (nSPS) is 13.9. The molecule has 2 amide bonds. The highest BCUT2D eigenvalue weighted by atomic mass is 35.5. The number of hydrogen-bond acceptors (Lipinski definition) is 4. The van der Waals surface area contributed by atoms with E-state index in [1.165, 1.54) is 4.90 Å². The summed E-state index contributed by atoms with van der Waals surface area (Å²) in [6, 6.07) is 16.3. The van der Waals surface area contributed by atoms with Crippen LogP contribution >= 0.6 is 11.6 Å². The quantitative estimate of drug-likeness (QED) is 0.506. The molecular formula is C26H26ClN3O3. The summed E-state index contributed by atoms with van der Waals surface area (Å²) in [7, 11) is 1.70.